The van der Waals surface area contributed by atoms with Crippen LogP contribution in [0.3, 0.4) is 0 Å². The minimum Gasteiger partial charge on any atom is -0.263 e. The van der Waals surface area contributed by atoms with E-state index < -0.39 is 0 Å². The number of rotatable bonds is 1. The van der Waals surface area contributed by atoms with Crippen LogP contribution in [-0.2, 0) is 20.1 Å². The predicted octanol–water partition coefficient (Wildman–Crippen LogP) is 2.60. The summed E-state index contributed by atoms with van der Waals surface area (Å²) in [5.41, 5.74) is 4.62. The van der Waals surface area contributed by atoms with E-state index in [9.17, 15) is 0 Å². The van der Waals surface area contributed by atoms with Crippen LogP contribution in [-0.4, -0.2) is 9.78 Å². The molecule has 2 aromatic rings. The second-order valence-corrected chi connectivity index (χ2v) is 3.58. The third kappa shape index (κ3) is 2.36. The van der Waals surface area contributed by atoms with Crippen LogP contribution in [0.5, 0.6) is 0 Å². The van der Waals surface area contributed by atoms with Crippen molar-refractivity contribution in [3.63, 3.8) is 0 Å². The topological polar surface area (TPSA) is 17.8 Å². The summed E-state index contributed by atoms with van der Waals surface area (Å²) in [7, 11) is 0. The molecular formula is C12H13IrN2-. The molecule has 1 heterocycles. The van der Waals surface area contributed by atoms with Gasteiger partial charge in [-0.1, -0.05) is 6.92 Å². The van der Waals surface area contributed by atoms with Crippen LogP contribution in [0.4, 0.5) is 0 Å². The summed E-state index contributed by atoms with van der Waals surface area (Å²) < 4.78 is 1.92. The van der Waals surface area contributed by atoms with Crippen LogP contribution in [0.1, 0.15) is 16.8 Å². The first-order valence-corrected chi connectivity index (χ1v) is 4.68. The van der Waals surface area contributed by atoms with Crippen molar-refractivity contribution in [1.29, 1.82) is 0 Å². The number of nitrogens with zero attached hydrogens (tertiary/aromatic N) is 2. The fourth-order valence-corrected chi connectivity index (χ4v) is 1.42. The molecule has 0 saturated carbocycles. The quantitative estimate of drug-likeness (QED) is 0.699. The molecule has 1 aromatic carbocycles. The standard InChI is InChI=1S/C12H13N2.Ir/c1-9-5-4-6-12(7-9)14-11(3)10(2)8-13-14;/h4-5,7-8H,1-3H3;/q-1;. The average Bonchev–Trinajstić information content (AvgIpc) is 2.48. The number of aromatic nitrogens is 2. The first-order chi connectivity index (χ1) is 6.68. The van der Waals surface area contributed by atoms with Crippen molar-refractivity contribution in [3.05, 3.63) is 47.3 Å². The number of hydrogen-bond acceptors (Lipinski definition) is 1. The minimum atomic E-state index is 0. The normalized spacial score (nSPS) is 9.80. The predicted molar refractivity (Wildman–Crippen MR) is 56.6 cm³/mol. The van der Waals surface area contributed by atoms with Crippen LogP contribution >= 0.6 is 0 Å². The number of benzene rings is 1. The van der Waals surface area contributed by atoms with Crippen LogP contribution < -0.4 is 0 Å². The van der Waals surface area contributed by atoms with Gasteiger partial charge in [-0.2, -0.15) is 28.9 Å². The van der Waals surface area contributed by atoms with E-state index in [-0.39, 0.29) is 20.1 Å². The van der Waals surface area contributed by atoms with E-state index in [2.05, 4.69) is 38.0 Å². The van der Waals surface area contributed by atoms with Gasteiger partial charge in [-0.15, -0.1) is 6.07 Å². The first-order valence-electron chi connectivity index (χ1n) is 4.68. The van der Waals surface area contributed by atoms with Gasteiger partial charge in [-0.05, 0) is 25.1 Å². The number of aryl methyl sites for hydroxylation is 2. The molecular weight excluding hydrogens is 364 g/mol. The van der Waals surface area contributed by atoms with Crippen LogP contribution in [0, 0.1) is 26.8 Å². The van der Waals surface area contributed by atoms with Gasteiger partial charge < -0.3 is 0 Å². The molecule has 0 unspecified atom stereocenters. The van der Waals surface area contributed by atoms with Crippen LogP contribution in [0.15, 0.2) is 24.4 Å². The first kappa shape index (κ1) is 12.2. The van der Waals surface area contributed by atoms with Crippen molar-refractivity contribution in [1.82, 2.24) is 9.78 Å². The summed E-state index contributed by atoms with van der Waals surface area (Å²) in [6.45, 7) is 6.20. The second-order valence-electron chi connectivity index (χ2n) is 3.58. The van der Waals surface area contributed by atoms with Gasteiger partial charge >= 0.3 is 0 Å². The van der Waals surface area contributed by atoms with E-state index in [1.807, 2.05) is 23.0 Å². The molecule has 0 aliphatic rings. The van der Waals surface area contributed by atoms with Gasteiger partial charge in [-0.3, -0.25) is 4.68 Å². The van der Waals surface area contributed by atoms with Crippen molar-refractivity contribution < 1.29 is 20.1 Å². The molecule has 0 amide bonds. The maximum atomic E-state index is 4.31. The summed E-state index contributed by atoms with van der Waals surface area (Å²) in [6.07, 6.45) is 1.88. The molecule has 0 bridgehead atoms. The zero-order valence-electron chi connectivity index (χ0n) is 9.04. The fraction of sp³-hybridized carbons (Fsp3) is 0.250. The molecule has 0 atom stereocenters. The monoisotopic (exact) mass is 378 g/mol. The fourth-order valence-electron chi connectivity index (χ4n) is 1.42. The van der Waals surface area contributed by atoms with E-state index in [1.165, 1.54) is 16.8 Å². The average molecular weight is 377 g/mol. The van der Waals surface area contributed by atoms with Crippen molar-refractivity contribution >= 4 is 0 Å². The number of hydrogen-bond donors (Lipinski definition) is 0. The summed E-state index contributed by atoms with van der Waals surface area (Å²) in [4.78, 5) is 0. The largest absolute Gasteiger partial charge is 0.263 e. The maximum Gasteiger partial charge on any atom is 0.0525 e. The Kier molecular flexibility index (Phi) is 3.83. The molecule has 81 valence electrons. The Morgan fingerprint density at radius 1 is 1.27 bits per heavy atom. The summed E-state index contributed by atoms with van der Waals surface area (Å²) >= 11 is 0. The minimum absolute atomic E-state index is 0. The zero-order valence-corrected chi connectivity index (χ0v) is 11.4. The van der Waals surface area contributed by atoms with Gasteiger partial charge in [0, 0.05) is 25.8 Å². The molecule has 0 fully saturated rings. The van der Waals surface area contributed by atoms with Crippen LogP contribution in [0.25, 0.3) is 5.69 Å². The third-order valence-corrected chi connectivity index (χ3v) is 2.43. The second kappa shape index (κ2) is 4.73. The summed E-state index contributed by atoms with van der Waals surface area (Å²) in [5.74, 6) is 0. The molecule has 0 saturated heterocycles. The van der Waals surface area contributed by atoms with E-state index in [4.69, 9.17) is 0 Å². The zero-order chi connectivity index (χ0) is 10.1. The molecule has 2 nitrogen and oxygen atoms in total. The van der Waals surface area contributed by atoms with Gasteiger partial charge in [0.25, 0.3) is 0 Å². The maximum absolute atomic E-state index is 4.31. The third-order valence-electron chi connectivity index (χ3n) is 2.43. The molecule has 15 heavy (non-hydrogen) atoms. The molecule has 0 aliphatic heterocycles. The van der Waals surface area contributed by atoms with Gasteiger partial charge in [0.15, 0.2) is 0 Å². The van der Waals surface area contributed by atoms with Gasteiger partial charge in [0.1, 0.15) is 0 Å². The van der Waals surface area contributed by atoms with E-state index in [0.29, 0.717) is 0 Å². The Labute approximate surface area is 104 Å². The van der Waals surface area contributed by atoms with Crippen molar-refractivity contribution in [3.8, 4) is 5.69 Å². The van der Waals surface area contributed by atoms with Crippen molar-refractivity contribution in [2.45, 2.75) is 20.8 Å². The van der Waals surface area contributed by atoms with Crippen LogP contribution in [0.2, 0.25) is 0 Å². The van der Waals surface area contributed by atoms with Crippen molar-refractivity contribution in [2.24, 2.45) is 0 Å². The van der Waals surface area contributed by atoms with Gasteiger partial charge in [0.05, 0.1) is 6.20 Å². The Morgan fingerprint density at radius 2 is 2.00 bits per heavy atom. The SMILES string of the molecule is Cc1cc[c-]c(-n2ncc(C)c2C)c1.[Ir]. The van der Waals surface area contributed by atoms with Gasteiger partial charge in [0.2, 0.25) is 0 Å². The Balaban J connectivity index is 0.00000112. The van der Waals surface area contributed by atoms with Gasteiger partial charge in [-0.25, -0.2) is 0 Å². The Morgan fingerprint density at radius 3 is 2.53 bits per heavy atom. The molecule has 2 rings (SSSR count). The molecule has 3 heteroatoms. The summed E-state index contributed by atoms with van der Waals surface area (Å²) in [6, 6.07) is 9.23. The Hall–Kier alpha value is -0.921. The molecule has 0 aliphatic carbocycles. The summed E-state index contributed by atoms with van der Waals surface area (Å²) in [5, 5.41) is 4.31. The molecule has 1 aromatic heterocycles. The molecule has 0 spiro atoms. The Bertz CT molecular complexity index is 460. The smallest absolute Gasteiger partial charge is 0.0525 e. The van der Waals surface area contributed by atoms with E-state index in [1.54, 1.807) is 0 Å². The van der Waals surface area contributed by atoms with E-state index in [0.717, 1.165) is 5.69 Å². The van der Waals surface area contributed by atoms with E-state index >= 15 is 0 Å². The van der Waals surface area contributed by atoms with Crippen molar-refractivity contribution in [2.75, 3.05) is 0 Å². The molecule has 0 N–H and O–H groups in total. The molecule has 1 radical (unpaired) electrons.